The average molecular weight is 570 g/mol. The fourth-order valence-electron chi connectivity index (χ4n) is 4.76. The van der Waals surface area contributed by atoms with Gasteiger partial charge < -0.3 is 5.32 Å². The molecule has 13 heteroatoms. The Morgan fingerprint density at radius 1 is 1.00 bits per heavy atom. The van der Waals surface area contributed by atoms with E-state index in [1.165, 1.54) is 43.3 Å². The fraction of sp³-hybridized carbons (Fsp3) is 0.320. The lowest BCUT2D eigenvalue weighted by Gasteiger charge is -2.35. The summed E-state index contributed by atoms with van der Waals surface area (Å²) < 4.78 is 73.1. The summed E-state index contributed by atoms with van der Waals surface area (Å²) >= 11 is 5.92. The zero-order valence-electron chi connectivity index (χ0n) is 20.4. The Bertz CT molecular complexity index is 1470. The Kier molecular flexibility index (Phi) is 6.74. The highest BCUT2D eigenvalue weighted by molar-refractivity contribution is 7.89. The van der Waals surface area contributed by atoms with Crippen LogP contribution in [0.1, 0.15) is 33.6 Å². The molecular weight excluding hydrogens is 547 g/mol. The number of halogens is 4. The topological polar surface area (TPSA) is 113 Å². The Morgan fingerprint density at radius 2 is 1.58 bits per heavy atom. The van der Waals surface area contributed by atoms with Crippen LogP contribution in [0.5, 0.6) is 0 Å². The van der Waals surface area contributed by atoms with Crippen molar-refractivity contribution in [3.8, 4) is 0 Å². The SMILES string of the molecule is CC(=O)Nc1ccc(S(=O)(=O)NC2(C(F)(F)F)C(=O)N(c3ccc(Cl)cc3)C3=C2C(=O)CC(C)(C)C3)cc1. The smallest absolute Gasteiger partial charge is 0.326 e. The molecule has 8 nitrogen and oxygen atoms in total. The summed E-state index contributed by atoms with van der Waals surface area (Å²) in [7, 11) is -5.02. The number of nitrogens with one attached hydrogen (secondary N) is 2. The molecule has 1 aliphatic heterocycles. The van der Waals surface area contributed by atoms with Crippen molar-refractivity contribution in [2.24, 2.45) is 5.41 Å². The maximum atomic E-state index is 15.0. The zero-order valence-corrected chi connectivity index (χ0v) is 22.0. The lowest BCUT2D eigenvalue weighted by Crippen LogP contribution is -2.66. The van der Waals surface area contributed by atoms with E-state index >= 15 is 0 Å². The minimum Gasteiger partial charge on any atom is -0.326 e. The van der Waals surface area contributed by atoms with Gasteiger partial charge in [0.15, 0.2) is 5.78 Å². The van der Waals surface area contributed by atoms with Crippen molar-refractivity contribution < 1.29 is 36.0 Å². The summed E-state index contributed by atoms with van der Waals surface area (Å²) in [4.78, 5) is 38.4. The van der Waals surface area contributed by atoms with Gasteiger partial charge in [-0.3, -0.25) is 19.3 Å². The number of anilines is 2. The summed E-state index contributed by atoms with van der Waals surface area (Å²) in [6.45, 7) is 4.58. The Hall–Kier alpha value is -3.22. The molecule has 202 valence electrons. The molecule has 0 bridgehead atoms. The minimum absolute atomic E-state index is 0.00221. The van der Waals surface area contributed by atoms with Crippen molar-refractivity contribution in [2.75, 3.05) is 10.2 Å². The number of alkyl halides is 3. The van der Waals surface area contributed by atoms with Crippen molar-refractivity contribution in [3.05, 3.63) is 64.8 Å². The maximum absolute atomic E-state index is 15.0. The Labute approximate surface area is 221 Å². The van der Waals surface area contributed by atoms with Gasteiger partial charge in [-0.1, -0.05) is 25.4 Å². The third-order valence-electron chi connectivity index (χ3n) is 6.30. The third-order valence-corrected chi connectivity index (χ3v) is 8.02. The molecule has 0 radical (unpaired) electrons. The van der Waals surface area contributed by atoms with Gasteiger partial charge in [-0.05, 0) is 60.4 Å². The van der Waals surface area contributed by atoms with Gasteiger partial charge in [0.1, 0.15) is 0 Å². The number of benzene rings is 2. The van der Waals surface area contributed by atoms with Crippen molar-refractivity contribution in [3.63, 3.8) is 0 Å². The van der Waals surface area contributed by atoms with Crippen molar-refractivity contribution in [2.45, 2.75) is 50.2 Å². The van der Waals surface area contributed by atoms with Crippen molar-refractivity contribution >= 4 is 50.6 Å². The van der Waals surface area contributed by atoms with E-state index in [2.05, 4.69) is 5.32 Å². The number of nitrogens with zero attached hydrogens (tertiary/aromatic N) is 1. The number of allylic oxidation sites excluding steroid dienone is 1. The zero-order chi connectivity index (χ0) is 28.3. The average Bonchev–Trinajstić information content (AvgIpc) is 3.01. The number of carbonyl (C=O) groups is 3. The molecule has 2 aromatic rings. The van der Waals surface area contributed by atoms with E-state index in [-0.39, 0.29) is 34.9 Å². The minimum atomic E-state index is -5.52. The lowest BCUT2D eigenvalue weighted by atomic mass is 9.72. The molecule has 38 heavy (non-hydrogen) atoms. The predicted molar refractivity (Wildman–Crippen MR) is 134 cm³/mol. The molecule has 0 spiro atoms. The first-order valence-corrected chi connectivity index (χ1v) is 13.2. The molecule has 0 fully saturated rings. The number of hydrogen-bond donors (Lipinski definition) is 2. The van der Waals surface area contributed by atoms with Crippen LogP contribution in [0.15, 0.2) is 64.7 Å². The van der Waals surface area contributed by atoms with Gasteiger partial charge in [0.2, 0.25) is 21.5 Å². The molecule has 2 amide bonds. The van der Waals surface area contributed by atoms with E-state index < -0.39 is 55.2 Å². The highest BCUT2D eigenvalue weighted by Crippen LogP contribution is 2.53. The van der Waals surface area contributed by atoms with Gasteiger partial charge in [-0.25, -0.2) is 8.42 Å². The molecule has 1 unspecified atom stereocenters. The molecule has 0 saturated carbocycles. The first-order chi connectivity index (χ1) is 17.5. The normalized spacial score (nSPS) is 21.5. The van der Waals surface area contributed by atoms with Gasteiger partial charge in [0, 0.05) is 35.4 Å². The van der Waals surface area contributed by atoms with Gasteiger partial charge in [-0.2, -0.15) is 17.9 Å². The summed E-state index contributed by atoms with van der Waals surface area (Å²) in [6.07, 6.45) is -5.93. The fourth-order valence-corrected chi connectivity index (χ4v) is 6.21. The van der Waals surface area contributed by atoms with Gasteiger partial charge >= 0.3 is 6.18 Å². The highest BCUT2D eigenvalue weighted by Gasteiger charge is 2.72. The van der Waals surface area contributed by atoms with Crippen LogP contribution in [0.2, 0.25) is 5.02 Å². The van der Waals surface area contributed by atoms with Crippen LogP contribution >= 0.6 is 11.6 Å². The Balaban J connectivity index is 1.91. The summed E-state index contributed by atoms with van der Waals surface area (Å²) in [5, 5.41) is 2.68. The van der Waals surface area contributed by atoms with Crippen LogP contribution in [-0.4, -0.2) is 37.7 Å². The second kappa shape index (κ2) is 9.21. The van der Waals surface area contributed by atoms with E-state index in [9.17, 15) is 36.0 Å². The van der Waals surface area contributed by atoms with Crippen LogP contribution < -0.4 is 14.9 Å². The molecule has 1 atom stereocenters. The number of Topliss-reactive ketones (excluding diaryl/α,β-unsaturated/α-hetero) is 1. The van der Waals surface area contributed by atoms with E-state index in [1.54, 1.807) is 18.6 Å². The first kappa shape index (κ1) is 27.8. The number of carbonyl (C=O) groups excluding carboxylic acids is 3. The van der Waals surface area contributed by atoms with Crippen LogP contribution in [0.25, 0.3) is 0 Å². The number of rotatable bonds is 5. The molecule has 2 N–H and O–H groups in total. The summed E-state index contributed by atoms with van der Waals surface area (Å²) in [5.74, 6) is -3.09. The predicted octanol–water partition coefficient (Wildman–Crippen LogP) is 4.57. The molecule has 4 rings (SSSR count). The van der Waals surface area contributed by atoms with Crippen molar-refractivity contribution in [1.82, 2.24) is 4.72 Å². The first-order valence-electron chi connectivity index (χ1n) is 11.3. The van der Waals surface area contributed by atoms with Crippen LogP contribution in [0.4, 0.5) is 24.5 Å². The Morgan fingerprint density at radius 3 is 2.11 bits per heavy atom. The molecule has 2 aliphatic rings. The van der Waals surface area contributed by atoms with E-state index in [4.69, 9.17) is 11.6 Å². The van der Waals surface area contributed by atoms with Crippen molar-refractivity contribution in [1.29, 1.82) is 0 Å². The molecule has 1 heterocycles. The number of ketones is 1. The summed E-state index contributed by atoms with van der Waals surface area (Å²) in [5.41, 5.74) is -5.60. The third kappa shape index (κ3) is 4.72. The second-order valence-electron chi connectivity index (χ2n) is 9.94. The van der Waals surface area contributed by atoms with E-state index in [0.29, 0.717) is 0 Å². The quantitative estimate of drug-likeness (QED) is 0.548. The standard InChI is InChI=1S/C25H23ClF3N3O5S/c1-14(33)30-16-6-10-18(11-7-16)38(36,37)31-24(25(27,28)29)21-19(12-23(2,3)13-20(21)34)32(22(24)35)17-8-4-15(26)5-9-17/h4-11,31H,12-13H2,1-3H3,(H,30,33). The van der Waals surface area contributed by atoms with E-state index in [1.807, 2.05) is 0 Å². The van der Waals surface area contributed by atoms with Crippen LogP contribution in [-0.2, 0) is 24.4 Å². The number of sulfonamides is 1. The van der Waals surface area contributed by atoms with E-state index in [0.717, 1.165) is 17.0 Å². The maximum Gasteiger partial charge on any atom is 0.421 e. The van der Waals surface area contributed by atoms with Gasteiger partial charge in [0.05, 0.1) is 10.5 Å². The summed E-state index contributed by atoms with van der Waals surface area (Å²) in [6, 6.07) is 9.71. The van der Waals surface area contributed by atoms with Gasteiger partial charge in [-0.15, -0.1) is 0 Å². The van der Waals surface area contributed by atoms with Crippen LogP contribution in [0.3, 0.4) is 0 Å². The van der Waals surface area contributed by atoms with Crippen LogP contribution in [0, 0.1) is 5.41 Å². The monoisotopic (exact) mass is 569 g/mol. The molecule has 2 aromatic carbocycles. The largest absolute Gasteiger partial charge is 0.421 e. The second-order valence-corrected chi connectivity index (χ2v) is 12.1. The lowest BCUT2D eigenvalue weighted by molar-refractivity contribution is -0.184. The van der Waals surface area contributed by atoms with Gasteiger partial charge in [0.25, 0.3) is 5.91 Å². The highest BCUT2D eigenvalue weighted by atomic mass is 35.5. The number of amides is 2. The molecule has 0 saturated heterocycles. The molecule has 0 aromatic heterocycles. The number of hydrogen-bond acceptors (Lipinski definition) is 5. The molecular formula is C25H23ClF3N3O5S. The molecule has 1 aliphatic carbocycles.